The third-order valence-electron chi connectivity index (χ3n) is 2.14. The van der Waals surface area contributed by atoms with E-state index >= 15 is 0 Å². The Morgan fingerprint density at radius 2 is 2.38 bits per heavy atom. The summed E-state index contributed by atoms with van der Waals surface area (Å²) >= 11 is 8.39. The lowest BCUT2D eigenvalue weighted by atomic mass is 10.3. The molecule has 4 nitrogen and oxygen atoms in total. The van der Waals surface area contributed by atoms with Gasteiger partial charge in [0.15, 0.2) is 10.6 Å². The maximum atomic E-state index is 5.59. The molecule has 6 heteroatoms. The van der Waals surface area contributed by atoms with Crippen molar-refractivity contribution in [2.45, 2.75) is 6.61 Å². The average Bonchev–Trinajstić information content (AvgIpc) is 2.57. The Balaban J connectivity index is 2.08. The van der Waals surface area contributed by atoms with Crippen LogP contribution in [0, 0.1) is 4.77 Å². The number of hydrogen-bond donors (Lipinski definition) is 1. The zero-order valence-corrected chi connectivity index (χ0v) is 11.0. The Morgan fingerprint density at radius 3 is 3.00 bits per heavy atom. The number of rotatable bonds is 3. The van der Waals surface area contributed by atoms with Gasteiger partial charge < -0.3 is 9.30 Å². The molecule has 2 aromatic rings. The van der Waals surface area contributed by atoms with Crippen LogP contribution in [0.2, 0.25) is 0 Å². The highest BCUT2D eigenvalue weighted by Crippen LogP contribution is 2.18. The lowest BCUT2D eigenvalue weighted by molar-refractivity contribution is 0.291. The second kappa shape index (κ2) is 4.80. The molecule has 0 fully saturated rings. The summed E-state index contributed by atoms with van der Waals surface area (Å²) in [4.78, 5) is 0. The van der Waals surface area contributed by atoms with Gasteiger partial charge in [0.25, 0.3) is 0 Å². The van der Waals surface area contributed by atoms with Crippen LogP contribution in [0.4, 0.5) is 0 Å². The standard InChI is InChI=1S/C10H10BrN3OS/c1-14-9(12-13-10(14)16)6-15-8-4-2-3-7(11)5-8/h2-5H,6H2,1H3,(H,13,16). The summed E-state index contributed by atoms with van der Waals surface area (Å²) in [7, 11) is 1.85. The Hall–Kier alpha value is -1.14. The third kappa shape index (κ3) is 2.51. The van der Waals surface area contributed by atoms with Crippen LogP contribution < -0.4 is 4.74 Å². The number of aromatic nitrogens is 3. The van der Waals surface area contributed by atoms with Crippen LogP contribution in [0.25, 0.3) is 0 Å². The zero-order chi connectivity index (χ0) is 11.5. The van der Waals surface area contributed by atoms with E-state index in [1.165, 1.54) is 0 Å². The van der Waals surface area contributed by atoms with E-state index in [9.17, 15) is 0 Å². The molecular weight excluding hydrogens is 290 g/mol. The van der Waals surface area contributed by atoms with Crippen molar-refractivity contribution in [3.8, 4) is 5.75 Å². The van der Waals surface area contributed by atoms with Crippen molar-refractivity contribution in [1.82, 2.24) is 14.8 Å². The minimum atomic E-state index is 0.389. The molecule has 0 aliphatic carbocycles. The molecule has 16 heavy (non-hydrogen) atoms. The molecule has 0 aliphatic rings. The fourth-order valence-electron chi connectivity index (χ4n) is 1.21. The van der Waals surface area contributed by atoms with E-state index in [1.807, 2.05) is 31.3 Å². The van der Waals surface area contributed by atoms with Gasteiger partial charge in [-0.1, -0.05) is 22.0 Å². The molecule has 0 bridgehead atoms. The van der Waals surface area contributed by atoms with Crippen molar-refractivity contribution < 1.29 is 4.74 Å². The fraction of sp³-hybridized carbons (Fsp3) is 0.200. The van der Waals surface area contributed by atoms with Crippen LogP contribution in [0.5, 0.6) is 5.75 Å². The number of hydrogen-bond acceptors (Lipinski definition) is 3. The monoisotopic (exact) mass is 299 g/mol. The van der Waals surface area contributed by atoms with Crippen LogP contribution in [0.1, 0.15) is 5.82 Å². The SMILES string of the molecule is Cn1c(COc2cccc(Br)c2)n[nH]c1=S. The first kappa shape index (κ1) is 11.3. The number of benzene rings is 1. The van der Waals surface area contributed by atoms with E-state index in [-0.39, 0.29) is 0 Å². The maximum absolute atomic E-state index is 5.59. The molecule has 1 aromatic heterocycles. The van der Waals surface area contributed by atoms with Crippen LogP contribution in [-0.4, -0.2) is 14.8 Å². The first-order chi connectivity index (χ1) is 7.66. The molecule has 0 radical (unpaired) electrons. The van der Waals surface area contributed by atoms with Crippen molar-refractivity contribution in [2.24, 2.45) is 7.05 Å². The van der Waals surface area contributed by atoms with E-state index in [0.29, 0.717) is 11.4 Å². The van der Waals surface area contributed by atoms with Gasteiger partial charge in [0.1, 0.15) is 12.4 Å². The Kier molecular flexibility index (Phi) is 3.40. The summed E-state index contributed by atoms with van der Waals surface area (Å²) in [5.74, 6) is 1.56. The second-order valence-corrected chi connectivity index (χ2v) is 4.55. The van der Waals surface area contributed by atoms with Crippen molar-refractivity contribution in [1.29, 1.82) is 0 Å². The van der Waals surface area contributed by atoms with Gasteiger partial charge in [-0.05, 0) is 30.4 Å². The molecule has 84 valence electrons. The Bertz CT molecular complexity index is 549. The van der Waals surface area contributed by atoms with E-state index in [1.54, 1.807) is 4.57 Å². The van der Waals surface area contributed by atoms with Gasteiger partial charge in [-0.25, -0.2) is 0 Å². The molecule has 1 N–H and O–H groups in total. The minimum Gasteiger partial charge on any atom is -0.486 e. The molecule has 0 spiro atoms. The average molecular weight is 300 g/mol. The number of halogens is 1. The van der Waals surface area contributed by atoms with E-state index in [2.05, 4.69) is 26.1 Å². The van der Waals surface area contributed by atoms with Crippen molar-refractivity contribution >= 4 is 28.1 Å². The lowest BCUT2D eigenvalue weighted by Crippen LogP contribution is -2.03. The van der Waals surface area contributed by atoms with Gasteiger partial charge in [0.05, 0.1) is 0 Å². The summed E-state index contributed by atoms with van der Waals surface area (Å²) in [6.45, 7) is 0.389. The van der Waals surface area contributed by atoms with Crippen LogP contribution >= 0.6 is 28.1 Å². The summed E-state index contributed by atoms with van der Waals surface area (Å²) < 4.78 is 8.95. The molecule has 0 amide bonds. The van der Waals surface area contributed by atoms with Gasteiger partial charge in [-0.15, -0.1) is 0 Å². The smallest absolute Gasteiger partial charge is 0.194 e. The van der Waals surface area contributed by atoms with Crippen molar-refractivity contribution in [3.05, 3.63) is 39.3 Å². The summed E-state index contributed by atoms with van der Waals surface area (Å²) in [6, 6.07) is 7.67. The van der Waals surface area contributed by atoms with Crippen LogP contribution in [-0.2, 0) is 13.7 Å². The highest BCUT2D eigenvalue weighted by Gasteiger charge is 2.03. The molecule has 0 saturated heterocycles. The largest absolute Gasteiger partial charge is 0.486 e. The molecule has 0 aliphatic heterocycles. The van der Waals surface area contributed by atoms with Crippen LogP contribution in [0.15, 0.2) is 28.7 Å². The molecule has 1 aromatic carbocycles. The van der Waals surface area contributed by atoms with Crippen molar-refractivity contribution in [2.75, 3.05) is 0 Å². The van der Waals surface area contributed by atoms with Crippen LogP contribution in [0.3, 0.4) is 0 Å². The fourth-order valence-corrected chi connectivity index (χ4v) is 1.74. The second-order valence-electron chi connectivity index (χ2n) is 3.25. The number of ether oxygens (including phenoxy) is 1. The Labute approximate surface area is 106 Å². The quantitative estimate of drug-likeness (QED) is 0.886. The number of nitrogens with zero attached hydrogens (tertiary/aromatic N) is 2. The Morgan fingerprint density at radius 1 is 1.56 bits per heavy atom. The minimum absolute atomic E-state index is 0.389. The summed E-state index contributed by atoms with van der Waals surface area (Å²) in [6.07, 6.45) is 0. The van der Waals surface area contributed by atoms with Gasteiger partial charge in [0.2, 0.25) is 0 Å². The normalized spacial score (nSPS) is 10.4. The molecule has 2 rings (SSSR count). The van der Waals surface area contributed by atoms with Crippen molar-refractivity contribution in [3.63, 3.8) is 0 Å². The maximum Gasteiger partial charge on any atom is 0.194 e. The number of H-pyrrole nitrogens is 1. The van der Waals surface area contributed by atoms with Gasteiger partial charge in [-0.2, -0.15) is 5.10 Å². The third-order valence-corrected chi connectivity index (χ3v) is 2.99. The summed E-state index contributed by atoms with van der Waals surface area (Å²) in [5.41, 5.74) is 0. The van der Waals surface area contributed by atoms with Gasteiger partial charge >= 0.3 is 0 Å². The van der Waals surface area contributed by atoms with E-state index in [4.69, 9.17) is 17.0 Å². The number of aromatic amines is 1. The van der Waals surface area contributed by atoms with Gasteiger partial charge in [0, 0.05) is 11.5 Å². The lowest BCUT2D eigenvalue weighted by Gasteiger charge is -2.05. The van der Waals surface area contributed by atoms with E-state index < -0.39 is 0 Å². The molecule has 0 atom stereocenters. The first-order valence-corrected chi connectivity index (χ1v) is 5.85. The molecular formula is C10H10BrN3OS. The predicted molar refractivity (Wildman–Crippen MR) is 66.9 cm³/mol. The predicted octanol–water partition coefficient (Wildman–Crippen LogP) is 2.82. The first-order valence-electron chi connectivity index (χ1n) is 4.65. The molecule has 0 unspecified atom stereocenters. The van der Waals surface area contributed by atoms with Gasteiger partial charge in [-0.3, -0.25) is 5.10 Å². The highest BCUT2D eigenvalue weighted by atomic mass is 79.9. The van der Waals surface area contributed by atoms with E-state index in [0.717, 1.165) is 16.0 Å². The zero-order valence-electron chi connectivity index (χ0n) is 8.61. The topological polar surface area (TPSA) is 42.8 Å². The molecule has 0 saturated carbocycles. The number of nitrogens with one attached hydrogen (secondary N) is 1. The summed E-state index contributed by atoms with van der Waals surface area (Å²) in [5, 5.41) is 6.77. The molecule has 1 heterocycles. The highest BCUT2D eigenvalue weighted by molar-refractivity contribution is 9.10.